The first-order chi connectivity index (χ1) is 8.56. The topological polar surface area (TPSA) is 41.1 Å². The number of carbonyl (C=O) groups excluding carboxylic acids is 1. The Morgan fingerprint density at radius 2 is 1.78 bits per heavy atom. The van der Waals surface area contributed by atoms with Crippen LogP contribution in [0.2, 0.25) is 5.02 Å². The summed E-state index contributed by atoms with van der Waals surface area (Å²) in [5.41, 5.74) is 1.07. The summed E-state index contributed by atoms with van der Waals surface area (Å²) < 4.78 is 0. The first-order valence-electron chi connectivity index (χ1n) is 6.39. The van der Waals surface area contributed by atoms with Crippen molar-refractivity contribution in [1.29, 1.82) is 0 Å². The first-order valence-corrected chi connectivity index (χ1v) is 6.77. The summed E-state index contributed by atoms with van der Waals surface area (Å²) in [4.78, 5) is 11.8. The molecule has 0 heterocycles. The Labute approximate surface area is 114 Å². The van der Waals surface area contributed by atoms with Gasteiger partial charge in [-0.05, 0) is 37.5 Å². The molecule has 2 amide bonds. The molecule has 0 saturated carbocycles. The molecule has 0 aliphatic rings. The number of hydrogen-bond acceptors (Lipinski definition) is 1. The van der Waals surface area contributed by atoms with E-state index in [-0.39, 0.29) is 18.1 Å². The summed E-state index contributed by atoms with van der Waals surface area (Å²) in [7, 11) is 0. The number of urea groups is 1. The molecular weight excluding hydrogens is 248 g/mol. The van der Waals surface area contributed by atoms with Crippen molar-refractivity contribution in [1.82, 2.24) is 10.6 Å². The van der Waals surface area contributed by atoms with Crippen molar-refractivity contribution in [3.05, 3.63) is 34.9 Å². The Hall–Kier alpha value is -1.22. The van der Waals surface area contributed by atoms with E-state index < -0.39 is 0 Å². The second-order valence-corrected chi connectivity index (χ2v) is 4.88. The third-order valence-corrected chi connectivity index (χ3v) is 3.23. The maximum Gasteiger partial charge on any atom is 0.315 e. The van der Waals surface area contributed by atoms with E-state index in [1.54, 1.807) is 0 Å². The minimum atomic E-state index is -0.119. The molecule has 100 valence electrons. The lowest BCUT2D eigenvalue weighted by Gasteiger charge is -2.20. The van der Waals surface area contributed by atoms with Crippen LogP contribution >= 0.6 is 11.6 Å². The number of benzene rings is 1. The normalized spacial score (nSPS) is 13.8. The number of halogens is 1. The molecule has 0 aliphatic carbocycles. The van der Waals surface area contributed by atoms with Gasteiger partial charge < -0.3 is 10.6 Å². The van der Waals surface area contributed by atoms with Crippen molar-refractivity contribution in [2.45, 2.75) is 45.7 Å². The summed E-state index contributed by atoms with van der Waals surface area (Å²) in [5, 5.41) is 6.58. The minimum absolute atomic E-state index is 0.0197. The lowest BCUT2D eigenvalue weighted by molar-refractivity contribution is 0.233. The fraction of sp³-hybridized carbons (Fsp3) is 0.500. The van der Waals surface area contributed by atoms with E-state index in [0.717, 1.165) is 18.4 Å². The predicted octanol–water partition coefficient (Wildman–Crippen LogP) is 3.89. The van der Waals surface area contributed by atoms with Crippen LogP contribution in [0.5, 0.6) is 0 Å². The fourth-order valence-corrected chi connectivity index (χ4v) is 1.77. The molecule has 0 aromatic heterocycles. The first kappa shape index (κ1) is 14.8. The monoisotopic (exact) mass is 268 g/mol. The van der Waals surface area contributed by atoms with Gasteiger partial charge in [-0.2, -0.15) is 0 Å². The molecule has 4 heteroatoms. The van der Waals surface area contributed by atoms with Crippen molar-refractivity contribution in [3.8, 4) is 0 Å². The molecule has 0 unspecified atom stereocenters. The van der Waals surface area contributed by atoms with Gasteiger partial charge in [-0.3, -0.25) is 0 Å². The van der Waals surface area contributed by atoms with E-state index in [4.69, 9.17) is 11.6 Å². The van der Waals surface area contributed by atoms with Crippen LogP contribution in [0, 0.1) is 0 Å². The van der Waals surface area contributed by atoms with Gasteiger partial charge in [-0.15, -0.1) is 0 Å². The summed E-state index contributed by atoms with van der Waals surface area (Å²) in [5.74, 6) is 0. The van der Waals surface area contributed by atoms with Crippen molar-refractivity contribution < 1.29 is 4.79 Å². The predicted molar refractivity (Wildman–Crippen MR) is 75.9 cm³/mol. The number of rotatable bonds is 5. The molecule has 1 aromatic rings. The van der Waals surface area contributed by atoms with Gasteiger partial charge in [0, 0.05) is 11.1 Å². The Morgan fingerprint density at radius 3 is 2.28 bits per heavy atom. The largest absolute Gasteiger partial charge is 0.336 e. The third kappa shape index (κ3) is 4.57. The molecule has 2 atom stereocenters. The lowest BCUT2D eigenvalue weighted by Crippen LogP contribution is -2.42. The highest BCUT2D eigenvalue weighted by molar-refractivity contribution is 6.30. The van der Waals surface area contributed by atoms with Crippen LogP contribution in [0.1, 0.15) is 45.2 Å². The van der Waals surface area contributed by atoms with Gasteiger partial charge in [0.2, 0.25) is 0 Å². The molecule has 0 saturated heterocycles. The van der Waals surface area contributed by atoms with Gasteiger partial charge in [0.15, 0.2) is 0 Å². The highest BCUT2D eigenvalue weighted by atomic mass is 35.5. The van der Waals surface area contributed by atoms with Crippen LogP contribution in [0.3, 0.4) is 0 Å². The van der Waals surface area contributed by atoms with E-state index in [1.807, 2.05) is 45.0 Å². The molecule has 18 heavy (non-hydrogen) atoms. The molecule has 1 rings (SSSR count). The van der Waals surface area contributed by atoms with Gasteiger partial charge in [0.1, 0.15) is 0 Å². The summed E-state index contributed by atoms with van der Waals surface area (Å²) in [6, 6.07) is 7.66. The van der Waals surface area contributed by atoms with Gasteiger partial charge >= 0.3 is 6.03 Å². The maximum atomic E-state index is 11.8. The number of amides is 2. The van der Waals surface area contributed by atoms with E-state index >= 15 is 0 Å². The van der Waals surface area contributed by atoms with Crippen molar-refractivity contribution in [2.24, 2.45) is 0 Å². The molecule has 2 N–H and O–H groups in total. The summed E-state index contributed by atoms with van der Waals surface area (Å²) >= 11 is 5.85. The zero-order valence-corrected chi connectivity index (χ0v) is 11.9. The fourth-order valence-electron chi connectivity index (χ4n) is 1.64. The number of carbonyl (C=O) groups is 1. The molecular formula is C14H21ClN2O. The highest BCUT2D eigenvalue weighted by Crippen LogP contribution is 2.18. The van der Waals surface area contributed by atoms with Crippen LogP contribution in [-0.2, 0) is 0 Å². The SMILES string of the molecule is CC[C@H](NC(=O)N[C@@H](C)CC)c1ccc(Cl)cc1. The van der Waals surface area contributed by atoms with E-state index in [9.17, 15) is 4.79 Å². The average Bonchev–Trinajstić information content (AvgIpc) is 2.37. The van der Waals surface area contributed by atoms with Crippen LogP contribution in [0.4, 0.5) is 4.79 Å². The maximum absolute atomic E-state index is 11.8. The Balaban J connectivity index is 2.61. The van der Waals surface area contributed by atoms with Crippen LogP contribution in [0.25, 0.3) is 0 Å². The minimum Gasteiger partial charge on any atom is -0.336 e. The third-order valence-electron chi connectivity index (χ3n) is 2.98. The molecule has 0 spiro atoms. The highest BCUT2D eigenvalue weighted by Gasteiger charge is 2.13. The van der Waals surface area contributed by atoms with Crippen LogP contribution < -0.4 is 10.6 Å². The molecule has 0 fully saturated rings. The van der Waals surface area contributed by atoms with Crippen LogP contribution in [0.15, 0.2) is 24.3 Å². The van der Waals surface area contributed by atoms with Crippen LogP contribution in [-0.4, -0.2) is 12.1 Å². The molecule has 1 aromatic carbocycles. The Morgan fingerprint density at radius 1 is 1.17 bits per heavy atom. The number of hydrogen-bond donors (Lipinski definition) is 2. The van der Waals surface area contributed by atoms with E-state index in [0.29, 0.717) is 5.02 Å². The molecule has 3 nitrogen and oxygen atoms in total. The molecule has 0 radical (unpaired) electrons. The zero-order valence-electron chi connectivity index (χ0n) is 11.2. The molecule has 0 aliphatic heterocycles. The average molecular weight is 269 g/mol. The van der Waals surface area contributed by atoms with Crippen molar-refractivity contribution >= 4 is 17.6 Å². The van der Waals surface area contributed by atoms with Crippen molar-refractivity contribution in [3.63, 3.8) is 0 Å². The molecule has 0 bridgehead atoms. The standard InChI is InChI=1S/C14H21ClN2O/c1-4-10(3)16-14(18)17-13(5-2)11-6-8-12(15)9-7-11/h6-10,13H,4-5H2,1-3H3,(H2,16,17,18)/t10-,13-/m0/s1. The van der Waals surface area contributed by atoms with Crippen molar-refractivity contribution in [2.75, 3.05) is 0 Å². The van der Waals surface area contributed by atoms with Gasteiger partial charge in [-0.1, -0.05) is 37.6 Å². The Kier molecular flexibility index (Phi) is 5.99. The van der Waals surface area contributed by atoms with E-state index in [2.05, 4.69) is 10.6 Å². The zero-order chi connectivity index (χ0) is 13.5. The second kappa shape index (κ2) is 7.27. The van der Waals surface area contributed by atoms with Gasteiger partial charge in [0.05, 0.1) is 6.04 Å². The lowest BCUT2D eigenvalue weighted by atomic mass is 10.1. The summed E-state index contributed by atoms with van der Waals surface area (Å²) in [6.07, 6.45) is 1.76. The smallest absolute Gasteiger partial charge is 0.315 e. The van der Waals surface area contributed by atoms with E-state index in [1.165, 1.54) is 0 Å². The quantitative estimate of drug-likeness (QED) is 0.836. The van der Waals surface area contributed by atoms with Gasteiger partial charge in [-0.25, -0.2) is 4.79 Å². The van der Waals surface area contributed by atoms with Gasteiger partial charge in [0.25, 0.3) is 0 Å². The Bertz CT molecular complexity index is 378. The summed E-state index contributed by atoms with van der Waals surface area (Å²) in [6.45, 7) is 6.08. The second-order valence-electron chi connectivity index (χ2n) is 4.44. The number of nitrogens with one attached hydrogen (secondary N) is 2.